The minimum atomic E-state index is -0.432. The van der Waals surface area contributed by atoms with Gasteiger partial charge in [0, 0.05) is 31.1 Å². The van der Waals surface area contributed by atoms with E-state index in [1.165, 1.54) is 0 Å². The van der Waals surface area contributed by atoms with Crippen LogP contribution in [0.3, 0.4) is 0 Å². The van der Waals surface area contributed by atoms with Crippen LogP contribution in [0.4, 0.5) is 0 Å². The number of nitrogens with zero attached hydrogens (tertiary/aromatic N) is 2. The van der Waals surface area contributed by atoms with Crippen LogP contribution in [0.15, 0.2) is 62.6 Å². The van der Waals surface area contributed by atoms with Crippen molar-refractivity contribution in [2.75, 3.05) is 45.6 Å². The Morgan fingerprint density at radius 1 is 1.00 bits per heavy atom. The van der Waals surface area contributed by atoms with Crippen molar-refractivity contribution in [2.45, 2.75) is 17.4 Å². The van der Waals surface area contributed by atoms with Crippen LogP contribution >= 0.6 is 11.8 Å². The second-order valence-corrected chi connectivity index (χ2v) is 9.03. The number of amides is 1. The van der Waals surface area contributed by atoms with Crippen LogP contribution in [-0.2, 0) is 4.74 Å². The van der Waals surface area contributed by atoms with Crippen LogP contribution in [0.5, 0.6) is 0 Å². The van der Waals surface area contributed by atoms with Gasteiger partial charge in [-0.15, -0.1) is 11.8 Å². The molecular formula is C25H26N2O4S. The Hall–Kier alpha value is -2.61. The zero-order valence-corrected chi connectivity index (χ0v) is 18.9. The molecule has 2 aliphatic heterocycles. The number of morpholine rings is 1. The molecule has 3 aromatic rings. The topological polar surface area (TPSA) is 63.0 Å². The van der Waals surface area contributed by atoms with E-state index in [4.69, 9.17) is 9.15 Å². The summed E-state index contributed by atoms with van der Waals surface area (Å²) in [5.74, 6) is -0.0252. The molecule has 5 rings (SSSR count). The minimum absolute atomic E-state index is 0.121. The summed E-state index contributed by atoms with van der Waals surface area (Å²) >= 11 is 1.67. The molecular weight excluding hydrogens is 424 g/mol. The van der Waals surface area contributed by atoms with Gasteiger partial charge in [0.2, 0.25) is 5.76 Å². The number of para-hydroxylation sites is 1. The minimum Gasteiger partial charge on any atom is -0.450 e. The van der Waals surface area contributed by atoms with E-state index in [9.17, 15) is 9.59 Å². The third kappa shape index (κ3) is 3.85. The monoisotopic (exact) mass is 450 g/mol. The van der Waals surface area contributed by atoms with Gasteiger partial charge < -0.3 is 14.1 Å². The van der Waals surface area contributed by atoms with Crippen molar-refractivity contribution in [1.82, 2.24) is 9.80 Å². The van der Waals surface area contributed by atoms with E-state index < -0.39 is 6.04 Å². The summed E-state index contributed by atoms with van der Waals surface area (Å²) in [7, 11) is 0. The second-order valence-electron chi connectivity index (χ2n) is 8.15. The summed E-state index contributed by atoms with van der Waals surface area (Å²) < 4.78 is 11.4. The van der Waals surface area contributed by atoms with Gasteiger partial charge in [0.15, 0.2) is 5.43 Å². The summed E-state index contributed by atoms with van der Waals surface area (Å²) in [6, 6.07) is 14.8. The number of fused-ring (bicyclic) bond motifs is 2. The van der Waals surface area contributed by atoms with Crippen molar-refractivity contribution in [1.29, 1.82) is 0 Å². The van der Waals surface area contributed by atoms with Gasteiger partial charge in [-0.25, -0.2) is 0 Å². The van der Waals surface area contributed by atoms with E-state index in [0.717, 1.165) is 49.7 Å². The zero-order valence-electron chi connectivity index (χ0n) is 18.1. The molecule has 0 saturated carbocycles. The predicted molar refractivity (Wildman–Crippen MR) is 125 cm³/mol. The van der Waals surface area contributed by atoms with Gasteiger partial charge in [-0.3, -0.25) is 14.5 Å². The fourth-order valence-electron chi connectivity index (χ4n) is 4.62. The molecule has 1 aromatic heterocycles. The van der Waals surface area contributed by atoms with Gasteiger partial charge in [0.25, 0.3) is 5.91 Å². The fourth-order valence-corrected chi connectivity index (χ4v) is 5.03. The summed E-state index contributed by atoms with van der Waals surface area (Å²) in [6.45, 7) is 4.79. The van der Waals surface area contributed by atoms with Gasteiger partial charge in [-0.2, -0.15) is 0 Å². The van der Waals surface area contributed by atoms with Crippen molar-refractivity contribution in [3.63, 3.8) is 0 Å². The van der Waals surface area contributed by atoms with Gasteiger partial charge in [-0.1, -0.05) is 24.3 Å². The highest BCUT2D eigenvalue weighted by molar-refractivity contribution is 7.98. The lowest BCUT2D eigenvalue weighted by atomic mass is 9.98. The second kappa shape index (κ2) is 9.10. The maximum atomic E-state index is 13.5. The number of hydrogen-bond acceptors (Lipinski definition) is 6. The molecule has 1 amide bonds. The third-order valence-electron chi connectivity index (χ3n) is 6.28. The van der Waals surface area contributed by atoms with Crippen LogP contribution in [0.2, 0.25) is 0 Å². The first kappa shape index (κ1) is 21.2. The lowest BCUT2D eigenvalue weighted by Crippen LogP contribution is -2.38. The van der Waals surface area contributed by atoms with Crippen LogP contribution < -0.4 is 5.43 Å². The number of rotatable bonds is 6. The van der Waals surface area contributed by atoms with Crippen molar-refractivity contribution in [3.8, 4) is 0 Å². The van der Waals surface area contributed by atoms with E-state index in [1.54, 1.807) is 23.9 Å². The molecule has 0 unspecified atom stereocenters. The van der Waals surface area contributed by atoms with E-state index in [1.807, 2.05) is 47.6 Å². The first-order valence-corrected chi connectivity index (χ1v) is 12.2. The van der Waals surface area contributed by atoms with Crippen molar-refractivity contribution in [2.24, 2.45) is 0 Å². The van der Waals surface area contributed by atoms with E-state index in [0.29, 0.717) is 23.1 Å². The average molecular weight is 451 g/mol. The molecule has 0 spiro atoms. The Kier molecular flexibility index (Phi) is 6.04. The summed E-state index contributed by atoms with van der Waals surface area (Å²) in [6.07, 6.45) is 2.86. The molecule has 166 valence electrons. The molecule has 6 nitrogen and oxygen atoms in total. The zero-order chi connectivity index (χ0) is 22.1. The van der Waals surface area contributed by atoms with Gasteiger partial charge in [0.05, 0.1) is 30.2 Å². The number of carbonyl (C=O) groups excluding carboxylic acids is 1. The quantitative estimate of drug-likeness (QED) is 0.533. The molecule has 0 radical (unpaired) electrons. The fraction of sp³-hybridized carbons (Fsp3) is 0.360. The van der Waals surface area contributed by atoms with Crippen LogP contribution in [0.1, 0.15) is 34.1 Å². The molecule has 7 heteroatoms. The number of hydrogen-bond donors (Lipinski definition) is 0. The molecule has 0 bridgehead atoms. The first-order valence-electron chi connectivity index (χ1n) is 11.0. The molecule has 2 aliphatic rings. The van der Waals surface area contributed by atoms with Crippen LogP contribution in [0.25, 0.3) is 11.0 Å². The Bertz CT molecular complexity index is 1180. The largest absolute Gasteiger partial charge is 0.450 e. The summed E-state index contributed by atoms with van der Waals surface area (Å²) in [5.41, 5.74) is 1.72. The molecule has 0 aliphatic carbocycles. The summed E-state index contributed by atoms with van der Waals surface area (Å²) in [5, 5.41) is 0.514. The van der Waals surface area contributed by atoms with Crippen LogP contribution in [0, 0.1) is 0 Å². The molecule has 2 aromatic carbocycles. The Morgan fingerprint density at radius 2 is 1.75 bits per heavy atom. The normalized spacial score (nSPS) is 19.0. The maximum Gasteiger partial charge on any atom is 0.290 e. The SMILES string of the molecule is CSc1ccc([C@H]2c3c(oc4ccccc4c3=O)C(=O)N2CCCN2CCOCC2)cc1. The third-order valence-corrected chi connectivity index (χ3v) is 7.03. The average Bonchev–Trinajstić information content (AvgIpc) is 3.12. The molecule has 32 heavy (non-hydrogen) atoms. The standard InChI is InChI=1S/C25H26N2O4S/c1-32-18-9-7-17(8-10-18)22-21-23(28)19-5-2-3-6-20(19)31-24(21)25(29)27(22)12-4-11-26-13-15-30-16-14-26/h2-3,5-10,22H,4,11-16H2,1H3/t22-/m0/s1. The van der Waals surface area contributed by atoms with Crippen molar-refractivity contribution < 1.29 is 13.9 Å². The summed E-state index contributed by atoms with van der Waals surface area (Å²) in [4.78, 5) is 32.2. The highest BCUT2D eigenvalue weighted by Gasteiger charge is 2.42. The highest BCUT2D eigenvalue weighted by Crippen LogP contribution is 2.38. The van der Waals surface area contributed by atoms with Gasteiger partial charge >= 0.3 is 0 Å². The molecule has 1 fully saturated rings. The lowest BCUT2D eigenvalue weighted by molar-refractivity contribution is 0.0353. The van der Waals surface area contributed by atoms with Gasteiger partial charge in [-0.05, 0) is 42.5 Å². The number of benzene rings is 2. The van der Waals surface area contributed by atoms with E-state index >= 15 is 0 Å². The molecule has 1 atom stereocenters. The van der Waals surface area contributed by atoms with Crippen molar-refractivity contribution in [3.05, 3.63) is 75.6 Å². The maximum absolute atomic E-state index is 13.5. The Morgan fingerprint density at radius 3 is 2.50 bits per heavy atom. The lowest BCUT2D eigenvalue weighted by Gasteiger charge is -2.29. The number of carbonyl (C=O) groups is 1. The first-order chi connectivity index (χ1) is 15.7. The number of ether oxygens (including phenoxy) is 1. The molecule has 1 saturated heterocycles. The smallest absolute Gasteiger partial charge is 0.290 e. The van der Waals surface area contributed by atoms with Crippen LogP contribution in [-0.4, -0.2) is 61.4 Å². The highest BCUT2D eigenvalue weighted by atomic mass is 32.2. The van der Waals surface area contributed by atoms with Crippen molar-refractivity contribution >= 4 is 28.6 Å². The Balaban J connectivity index is 1.51. The van der Waals surface area contributed by atoms with E-state index in [2.05, 4.69) is 4.90 Å². The predicted octanol–water partition coefficient (Wildman–Crippen LogP) is 3.78. The number of thioether (sulfide) groups is 1. The molecule has 3 heterocycles. The van der Waals surface area contributed by atoms with Gasteiger partial charge in [0.1, 0.15) is 5.58 Å². The molecule has 0 N–H and O–H groups in total. The van der Waals surface area contributed by atoms with E-state index in [-0.39, 0.29) is 17.1 Å². The Labute approximate surface area is 191 Å².